The van der Waals surface area contributed by atoms with E-state index in [9.17, 15) is 9.59 Å². The molecule has 3 heterocycles. The predicted molar refractivity (Wildman–Crippen MR) is 135 cm³/mol. The fourth-order valence-corrected chi connectivity index (χ4v) is 5.46. The average Bonchev–Trinajstić information content (AvgIpc) is 3.24. The highest BCUT2D eigenvalue weighted by molar-refractivity contribution is 5.84. The number of likely N-dealkylation sites (tertiary alicyclic amines) is 1. The third-order valence-corrected chi connectivity index (χ3v) is 7.65. The quantitative estimate of drug-likeness (QED) is 0.553. The lowest BCUT2D eigenvalue weighted by Crippen LogP contribution is -2.51. The van der Waals surface area contributed by atoms with Crippen LogP contribution in [0.15, 0.2) is 65.3 Å². The number of carbonyl (C=O) groups is 2. The number of carbonyl (C=O) groups excluding carboxylic acids is 2. The second-order valence-corrected chi connectivity index (χ2v) is 10.2. The fourth-order valence-electron chi connectivity index (χ4n) is 5.46. The molecule has 0 radical (unpaired) electrons. The van der Waals surface area contributed by atoms with Gasteiger partial charge in [0.15, 0.2) is 0 Å². The van der Waals surface area contributed by atoms with Crippen molar-refractivity contribution in [1.29, 1.82) is 0 Å². The summed E-state index contributed by atoms with van der Waals surface area (Å²) in [6, 6.07) is 18.0. The summed E-state index contributed by atoms with van der Waals surface area (Å²) in [5, 5.41) is 1.13. The summed E-state index contributed by atoms with van der Waals surface area (Å²) >= 11 is 0. The molecule has 6 heteroatoms. The molecule has 5 rings (SSSR count). The van der Waals surface area contributed by atoms with Gasteiger partial charge in [0.2, 0.25) is 11.8 Å². The summed E-state index contributed by atoms with van der Waals surface area (Å²) in [5.74, 6) is 0.574. The molecule has 35 heavy (non-hydrogen) atoms. The Hall–Kier alpha value is -3.12. The number of amides is 2. The highest BCUT2D eigenvalue weighted by Crippen LogP contribution is 2.34. The standard InChI is InChI=1S/C29H34N2O4/c1-29(11-13-30(14-12-29)27(32)19-22-6-3-2-4-7-22)28(33)31-15-17-34-21-23(20-31)18-24-8-5-9-26-25(24)10-16-35-26/h2-10,16,23H,11-15,17-21H2,1H3/t23-/m0/s1. The van der Waals surface area contributed by atoms with E-state index in [2.05, 4.69) is 13.0 Å². The summed E-state index contributed by atoms with van der Waals surface area (Å²) in [7, 11) is 0. The lowest BCUT2D eigenvalue weighted by Gasteiger charge is -2.41. The molecule has 184 valence electrons. The SMILES string of the molecule is CC1(C(=O)N2CCOC[C@@H](Cc3cccc4occc34)C2)CCN(C(=O)Cc2ccccc2)CC1. The topological polar surface area (TPSA) is 63.0 Å². The summed E-state index contributed by atoms with van der Waals surface area (Å²) in [4.78, 5) is 30.4. The van der Waals surface area contributed by atoms with Crippen molar-refractivity contribution in [2.75, 3.05) is 39.4 Å². The van der Waals surface area contributed by atoms with Gasteiger partial charge in [-0.25, -0.2) is 0 Å². The molecule has 6 nitrogen and oxygen atoms in total. The highest BCUT2D eigenvalue weighted by Gasteiger charge is 2.41. The van der Waals surface area contributed by atoms with Gasteiger partial charge in [-0.2, -0.15) is 0 Å². The number of piperidine rings is 1. The maximum atomic E-state index is 13.7. The number of furan rings is 1. The van der Waals surface area contributed by atoms with Crippen molar-refractivity contribution in [2.45, 2.75) is 32.6 Å². The fraction of sp³-hybridized carbons (Fsp3) is 0.448. The monoisotopic (exact) mass is 474 g/mol. The van der Waals surface area contributed by atoms with E-state index in [4.69, 9.17) is 9.15 Å². The minimum Gasteiger partial charge on any atom is -0.464 e. The first kappa shape index (κ1) is 23.6. The largest absolute Gasteiger partial charge is 0.464 e. The Bertz CT molecular complexity index is 1160. The van der Waals surface area contributed by atoms with Crippen LogP contribution in [0.2, 0.25) is 0 Å². The first-order chi connectivity index (χ1) is 17.0. The molecule has 0 N–H and O–H groups in total. The summed E-state index contributed by atoms with van der Waals surface area (Å²) in [6.45, 7) is 5.86. The van der Waals surface area contributed by atoms with Crippen LogP contribution in [0.25, 0.3) is 11.0 Å². The number of hydrogen-bond donors (Lipinski definition) is 0. The van der Waals surface area contributed by atoms with Gasteiger partial charge in [-0.05, 0) is 42.5 Å². The van der Waals surface area contributed by atoms with Gasteiger partial charge in [-0.3, -0.25) is 9.59 Å². The van der Waals surface area contributed by atoms with Crippen molar-refractivity contribution in [3.8, 4) is 0 Å². The van der Waals surface area contributed by atoms with Crippen molar-refractivity contribution in [3.63, 3.8) is 0 Å². The number of nitrogens with zero attached hydrogens (tertiary/aromatic N) is 2. The van der Waals surface area contributed by atoms with Crippen LogP contribution < -0.4 is 0 Å². The van der Waals surface area contributed by atoms with E-state index in [1.165, 1.54) is 5.56 Å². The molecule has 2 amide bonds. The van der Waals surface area contributed by atoms with Gasteiger partial charge in [0.25, 0.3) is 0 Å². The van der Waals surface area contributed by atoms with Gasteiger partial charge in [-0.1, -0.05) is 49.4 Å². The zero-order valence-electron chi connectivity index (χ0n) is 20.4. The first-order valence-corrected chi connectivity index (χ1v) is 12.7. The Morgan fingerprint density at radius 1 is 0.971 bits per heavy atom. The lowest BCUT2D eigenvalue weighted by molar-refractivity contribution is -0.147. The minimum atomic E-state index is -0.441. The van der Waals surface area contributed by atoms with Gasteiger partial charge < -0.3 is 19.0 Å². The number of hydrogen-bond acceptors (Lipinski definition) is 4. The number of rotatable bonds is 5. The molecule has 1 atom stereocenters. The van der Waals surface area contributed by atoms with Crippen LogP contribution >= 0.6 is 0 Å². The van der Waals surface area contributed by atoms with Crippen LogP contribution in [-0.4, -0.2) is 61.0 Å². The number of fused-ring (bicyclic) bond motifs is 1. The van der Waals surface area contributed by atoms with E-state index < -0.39 is 5.41 Å². The molecule has 2 saturated heterocycles. The van der Waals surface area contributed by atoms with Crippen molar-refractivity contribution in [2.24, 2.45) is 11.3 Å². The Labute approximate surface area is 206 Å². The molecule has 2 fully saturated rings. The molecular weight excluding hydrogens is 440 g/mol. The van der Waals surface area contributed by atoms with E-state index in [1.54, 1.807) is 6.26 Å². The van der Waals surface area contributed by atoms with E-state index in [-0.39, 0.29) is 17.7 Å². The van der Waals surface area contributed by atoms with Crippen LogP contribution in [0.4, 0.5) is 0 Å². The summed E-state index contributed by atoms with van der Waals surface area (Å²) in [5.41, 5.74) is 2.72. The molecular formula is C29H34N2O4. The smallest absolute Gasteiger partial charge is 0.228 e. The van der Waals surface area contributed by atoms with E-state index >= 15 is 0 Å². The second-order valence-electron chi connectivity index (χ2n) is 10.2. The van der Waals surface area contributed by atoms with Crippen LogP contribution in [0.5, 0.6) is 0 Å². The zero-order valence-corrected chi connectivity index (χ0v) is 20.4. The molecule has 1 aromatic heterocycles. The van der Waals surface area contributed by atoms with Crippen LogP contribution in [-0.2, 0) is 27.2 Å². The third-order valence-electron chi connectivity index (χ3n) is 7.65. The van der Waals surface area contributed by atoms with E-state index in [0.29, 0.717) is 58.7 Å². The number of benzene rings is 2. The van der Waals surface area contributed by atoms with Crippen LogP contribution in [0.1, 0.15) is 30.9 Å². The second kappa shape index (κ2) is 10.2. The molecule has 0 aliphatic carbocycles. The lowest BCUT2D eigenvalue weighted by atomic mass is 9.78. The van der Waals surface area contributed by atoms with Crippen LogP contribution in [0.3, 0.4) is 0 Å². The Morgan fingerprint density at radius 3 is 2.57 bits per heavy atom. The van der Waals surface area contributed by atoms with Crippen molar-refractivity contribution in [1.82, 2.24) is 9.80 Å². The van der Waals surface area contributed by atoms with Gasteiger partial charge in [-0.15, -0.1) is 0 Å². The zero-order chi connectivity index (χ0) is 24.3. The average molecular weight is 475 g/mol. The van der Waals surface area contributed by atoms with Crippen molar-refractivity contribution >= 4 is 22.8 Å². The molecule has 0 bridgehead atoms. The van der Waals surface area contributed by atoms with Gasteiger partial charge in [0.1, 0.15) is 5.58 Å². The molecule has 2 aliphatic rings. The summed E-state index contributed by atoms with van der Waals surface area (Å²) in [6.07, 6.45) is 4.38. The molecule has 0 saturated carbocycles. The van der Waals surface area contributed by atoms with Gasteiger partial charge in [0, 0.05) is 42.9 Å². The third kappa shape index (κ3) is 5.27. The molecule has 2 aromatic carbocycles. The molecule has 0 spiro atoms. The Balaban J connectivity index is 1.20. The van der Waals surface area contributed by atoms with Gasteiger partial charge >= 0.3 is 0 Å². The predicted octanol–water partition coefficient (Wildman–Crippen LogP) is 4.32. The molecule has 3 aromatic rings. The van der Waals surface area contributed by atoms with Crippen LogP contribution in [0, 0.1) is 11.3 Å². The highest BCUT2D eigenvalue weighted by atomic mass is 16.5. The van der Waals surface area contributed by atoms with Crippen molar-refractivity contribution in [3.05, 3.63) is 72.0 Å². The maximum Gasteiger partial charge on any atom is 0.228 e. The minimum absolute atomic E-state index is 0.141. The Morgan fingerprint density at radius 2 is 1.77 bits per heavy atom. The first-order valence-electron chi connectivity index (χ1n) is 12.7. The summed E-state index contributed by atoms with van der Waals surface area (Å²) < 4.78 is 11.5. The van der Waals surface area contributed by atoms with E-state index in [1.807, 2.05) is 58.3 Å². The van der Waals surface area contributed by atoms with Gasteiger partial charge in [0.05, 0.1) is 25.9 Å². The van der Waals surface area contributed by atoms with E-state index in [0.717, 1.165) is 23.0 Å². The molecule has 0 unspecified atom stereocenters. The Kier molecular flexibility index (Phi) is 6.91. The van der Waals surface area contributed by atoms with Crippen molar-refractivity contribution < 1.29 is 18.7 Å². The molecule has 2 aliphatic heterocycles. The normalized spacial score (nSPS) is 20.5. The maximum absolute atomic E-state index is 13.7. The number of ether oxygens (including phenoxy) is 1.